The SMILES string of the molecule is COc1ccccc1N1CC[NH+]([C@@H](C)C(=O)Nc2cccc(Br)c2)CC1. The van der Waals surface area contributed by atoms with Gasteiger partial charge in [0.15, 0.2) is 6.04 Å². The van der Waals surface area contributed by atoms with Crippen molar-refractivity contribution in [3.8, 4) is 5.75 Å². The Kier molecular flexibility index (Phi) is 6.16. The molecular weight excluding hydrogens is 394 g/mol. The molecule has 5 nitrogen and oxygen atoms in total. The number of carbonyl (C=O) groups excluding carboxylic acids is 1. The number of carbonyl (C=O) groups is 1. The Hall–Kier alpha value is -2.05. The van der Waals surface area contributed by atoms with Crippen LogP contribution in [-0.2, 0) is 4.79 Å². The molecular formula is C20H25BrN3O2+. The van der Waals surface area contributed by atoms with Crippen LogP contribution in [0.1, 0.15) is 6.92 Å². The van der Waals surface area contributed by atoms with Gasteiger partial charge in [0.25, 0.3) is 5.91 Å². The number of hydrogen-bond acceptors (Lipinski definition) is 3. The zero-order chi connectivity index (χ0) is 18.5. The number of anilines is 2. The molecule has 1 atom stereocenters. The minimum atomic E-state index is -0.0891. The number of para-hydroxylation sites is 2. The van der Waals surface area contributed by atoms with Crippen molar-refractivity contribution >= 4 is 33.2 Å². The lowest BCUT2D eigenvalue weighted by Gasteiger charge is -2.36. The summed E-state index contributed by atoms with van der Waals surface area (Å²) in [6, 6.07) is 15.7. The van der Waals surface area contributed by atoms with Gasteiger partial charge in [-0.2, -0.15) is 0 Å². The minimum Gasteiger partial charge on any atom is -0.495 e. The maximum atomic E-state index is 12.6. The van der Waals surface area contributed by atoms with E-state index in [1.807, 2.05) is 49.4 Å². The van der Waals surface area contributed by atoms with Crippen LogP contribution >= 0.6 is 15.9 Å². The number of amides is 1. The number of benzene rings is 2. The predicted molar refractivity (Wildman–Crippen MR) is 108 cm³/mol. The molecule has 0 radical (unpaired) electrons. The summed E-state index contributed by atoms with van der Waals surface area (Å²) in [5, 5.41) is 3.02. The molecule has 26 heavy (non-hydrogen) atoms. The fraction of sp³-hybridized carbons (Fsp3) is 0.350. The van der Waals surface area contributed by atoms with Crippen LogP contribution in [-0.4, -0.2) is 45.2 Å². The van der Waals surface area contributed by atoms with E-state index in [4.69, 9.17) is 4.74 Å². The zero-order valence-electron chi connectivity index (χ0n) is 15.2. The van der Waals surface area contributed by atoms with Crippen LogP contribution < -0.4 is 19.9 Å². The number of halogens is 1. The van der Waals surface area contributed by atoms with E-state index in [1.165, 1.54) is 4.90 Å². The molecule has 0 bridgehead atoms. The minimum absolute atomic E-state index is 0.0591. The number of hydrogen-bond donors (Lipinski definition) is 2. The zero-order valence-corrected chi connectivity index (χ0v) is 16.8. The third-order valence-corrected chi connectivity index (χ3v) is 5.42. The number of rotatable bonds is 5. The molecule has 2 aromatic rings. The van der Waals surface area contributed by atoms with Crippen LogP contribution in [0.4, 0.5) is 11.4 Å². The molecule has 138 valence electrons. The third-order valence-electron chi connectivity index (χ3n) is 4.93. The van der Waals surface area contributed by atoms with Crippen molar-refractivity contribution in [1.82, 2.24) is 0 Å². The summed E-state index contributed by atoms with van der Waals surface area (Å²) >= 11 is 3.43. The van der Waals surface area contributed by atoms with Gasteiger partial charge >= 0.3 is 0 Å². The van der Waals surface area contributed by atoms with Crippen LogP contribution in [0.5, 0.6) is 5.75 Å². The monoisotopic (exact) mass is 418 g/mol. The Bertz CT molecular complexity index is 760. The molecule has 1 aliphatic heterocycles. The van der Waals surface area contributed by atoms with E-state index in [2.05, 4.69) is 32.2 Å². The number of nitrogens with one attached hydrogen (secondary N) is 2. The van der Waals surface area contributed by atoms with Gasteiger partial charge in [-0.05, 0) is 37.3 Å². The number of ether oxygens (including phenoxy) is 1. The van der Waals surface area contributed by atoms with E-state index in [0.717, 1.165) is 47.8 Å². The van der Waals surface area contributed by atoms with Gasteiger partial charge in [0, 0.05) is 10.2 Å². The Balaban J connectivity index is 1.58. The maximum Gasteiger partial charge on any atom is 0.282 e. The van der Waals surface area contributed by atoms with Crippen molar-refractivity contribution in [2.75, 3.05) is 43.5 Å². The van der Waals surface area contributed by atoms with Crippen LogP contribution in [0.15, 0.2) is 53.0 Å². The second-order valence-electron chi connectivity index (χ2n) is 6.54. The quantitative estimate of drug-likeness (QED) is 0.781. The lowest BCUT2D eigenvalue weighted by atomic mass is 10.2. The molecule has 6 heteroatoms. The molecule has 3 rings (SSSR count). The molecule has 1 aliphatic rings. The molecule has 1 amide bonds. The standard InChI is InChI=1S/C20H24BrN3O2/c1-15(20(25)22-17-7-5-6-16(21)14-17)23-10-12-24(13-11-23)18-8-3-4-9-19(18)26-2/h3-9,14-15H,10-13H2,1-2H3,(H,22,25)/p+1/t15-/m0/s1. The maximum absolute atomic E-state index is 12.6. The van der Waals surface area contributed by atoms with Crippen LogP contribution in [0.25, 0.3) is 0 Å². The van der Waals surface area contributed by atoms with Gasteiger partial charge in [0.1, 0.15) is 5.75 Å². The van der Waals surface area contributed by atoms with Crippen LogP contribution in [0.3, 0.4) is 0 Å². The molecule has 2 aromatic carbocycles. The van der Waals surface area contributed by atoms with Crippen molar-refractivity contribution in [1.29, 1.82) is 0 Å². The van der Waals surface area contributed by atoms with E-state index >= 15 is 0 Å². The average Bonchev–Trinajstić information content (AvgIpc) is 2.67. The molecule has 0 saturated carbocycles. The van der Waals surface area contributed by atoms with Gasteiger partial charge in [-0.3, -0.25) is 4.79 Å². The van der Waals surface area contributed by atoms with Gasteiger partial charge in [-0.25, -0.2) is 0 Å². The number of methoxy groups -OCH3 is 1. The Labute approximate surface area is 163 Å². The summed E-state index contributed by atoms with van der Waals surface area (Å²) in [6.45, 7) is 5.66. The predicted octanol–water partition coefficient (Wildman–Crippen LogP) is 2.19. The molecule has 1 heterocycles. The third kappa shape index (κ3) is 4.37. The summed E-state index contributed by atoms with van der Waals surface area (Å²) < 4.78 is 6.43. The smallest absolute Gasteiger partial charge is 0.282 e. The average molecular weight is 419 g/mol. The van der Waals surface area contributed by atoms with E-state index < -0.39 is 0 Å². The molecule has 0 unspecified atom stereocenters. The van der Waals surface area contributed by atoms with Gasteiger partial charge < -0.3 is 19.9 Å². The van der Waals surface area contributed by atoms with Gasteiger partial charge in [0.05, 0.1) is 39.0 Å². The van der Waals surface area contributed by atoms with Crippen molar-refractivity contribution in [2.45, 2.75) is 13.0 Å². The first kappa shape index (κ1) is 18.7. The highest BCUT2D eigenvalue weighted by Crippen LogP contribution is 2.27. The van der Waals surface area contributed by atoms with Crippen molar-refractivity contribution < 1.29 is 14.4 Å². The van der Waals surface area contributed by atoms with E-state index in [1.54, 1.807) is 7.11 Å². The van der Waals surface area contributed by atoms with Gasteiger partial charge in [-0.1, -0.05) is 34.1 Å². The number of nitrogens with zero attached hydrogens (tertiary/aromatic N) is 1. The Morgan fingerprint density at radius 3 is 2.62 bits per heavy atom. The molecule has 1 saturated heterocycles. The molecule has 0 aromatic heterocycles. The summed E-state index contributed by atoms with van der Waals surface area (Å²) in [7, 11) is 1.70. The Morgan fingerprint density at radius 1 is 1.19 bits per heavy atom. The fourth-order valence-electron chi connectivity index (χ4n) is 3.36. The topological polar surface area (TPSA) is 46.0 Å². The van der Waals surface area contributed by atoms with E-state index in [0.29, 0.717) is 0 Å². The molecule has 1 fully saturated rings. The van der Waals surface area contributed by atoms with Gasteiger partial charge in [0.2, 0.25) is 0 Å². The number of quaternary nitrogens is 1. The second kappa shape index (κ2) is 8.56. The highest BCUT2D eigenvalue weighted by molar-refractivity contribution is 9.10. The molecule has 0 aliphatic carbocycles. The van der Waals surface area contributed by atoms with E-state index in [-0.39, 0.29) is 11.9 Å². The molecule has 0 spiro atoms. The lowest BCUT2D eigenvalue weighted by molar-refractivity contribution is -0.914. The summed E-state index contributed by atoms with van der Waals surface area (Å²) in [5.41, 5.74) is 1.95. The van der Waals surface area contributed by atoms with Crippen LogP contribution in [0, 0.1) is 0 Å². The highest BCUT2D eigenvalue weighted by atomic mass is 79.9. The fourth-order valence-corrected chi connectivity index (χ4v) is 3.76. The molecule has 2 N–H and O–H groups in total. The van der Waals surface area contributed by atoms with Crippen molar-refractivity contribution in [3.05, 3.63) is 53.0 Å². The summed E-state index contributed by atoms with van der Waals surface area (Å²) in [6.07, 6.45) is 0. The first-order chi connectivity index (χ1) is 12.6. The van der Waals surface area contributed by atoms with Gasteiger partial charge in [-0.15, -0.1) is 0 Å². The van der Waals surface area contributed by atoms with E-state index in [9.17, 15) is 4.79 Å². The largest absolute Gasteiger partial charge is 0.495 e. The summed E-state index contributed by atoms with van der Waals surface area (Å²) in [4.78, 5) is 16.2. The normalized spacial score (nSPS) is 16.2. The Morgan fingerprint density at radius 2 is 1.92 bits per heavy atom. The second-order valence-corrected chi connectivity index (χ2v) is 7.45. The highest BCUT2D eigenvalue weighted by Gasteiger charge is 2.30. The summed E-state index contributed by atoms with van der Waals surface area (Å²) in [5.74, 6) is 0.959. The van der Waals surface area contributed by atoms with Crippen molar-refractivity contribution in [3.63, 3.8) is 0 Å². The lowest BCUT2D eigenvalue weighted by Crippen LogP contribution is -3.19. The van der Waals surface area contributed by atoms with Crippen LogP contribution in [0.2, 0.25) is 0 Å². The first-order valence-electron chi connectivity index (χ1n) is 8.87. The number of piperazine rings is 1. The van der Waals surface area contributed by atoms with Crippen molar-refractivity contribution in [2.24, 2.45) is 0 Å². The first-order valence-corrected chi connectivity index (χ1v) is 9.67.